The SMILES string of the molecule is CCc1cccc(Oc2coc3cc(OC(C(=O)O)C(C)C)ccc3c2=O)c1. The number of carboxylic acids is 1. The van der Waals surface area contributed by atoms with Crippen molar-refractivity contribution in [1.29, 1.82) is 0 Å². The van der Waals surface area contributed by atoms with Gasteiger partial charge >= 0.3 is 5.97 Å². The average molecular weight is 382 g/mol. The number of hydrogen-bond acceptors (Lipinski definition) is 5. The van der Waals surface area contributed by atoms with Gasteiger partial charge in [-0.2, -0.15) is 0 Å². The molecule has 1 N–H and O–H groups in total. The Kier molecular flexibility index (Phi) is 5.68. The number of aryl methyl sites for hydroxylation is 1. The van der Waals surface area contributed by atoms with Crippen LogP contribution in [-0.2, 0) is 11.2 Å². The summed E-state index contributed by atoms with van der Waals surface area (Å²) in [6, 6.07) is 12.1. The third-order valence-electron chi connectivity index (χ3n) is 4.36. The van der Waals surface area contributed by atoms with Crippen molar-refractivity contribution in [2.45, 2.75) is 33.3 Å². The van der Waals surface area contributed by atoms with Gasteiger partial charge in [0.1, 0.15) is 23.3 Å². The molecule has 0 radical (unpaired) electrons. The second-order valence-corrected chi connectivity index (χ2v) is 6.81. The van der Waals surface area contributed by atoms with E-state index in [9.17, 15) is 14.7 Å². The monoisotopic (exact) mass is 382 g/mol. The summed E-state index contributed by atoms with van der Waals surface area (Å²) in [5.74, 6) is -0.294. The lowest BCUT2D eigenvalue weighted by Gasteiger charge is -2.18. The lowest BCUT2D eigenvalue weighted by Crippen LogP contribution is -2.32. The highest BCUT2D eigenvalue weighted by Gasteiger charge is 2.23. The van der Waals surface area contributed by atoms with Crippen molar-refractivity contribution < 1.29 is 23.8 Å². The van der Waals surface area contributed by atoms with Crippen LogP contribution in [0.3, 0.4) is 0 Å². The number of fused-ring (bicyclic) bond motifs is 1. The summed E-state index contributed by atoms with van der Waals surface area (Å²) in [4.78, 5) is 24.0. The molecule has 28 heavy (non-hydrogen) atoms. The van der Waals surface area contributed by atoms with Gasteiger partial charge in [-0.05, 0) is 36.2 Å². The van der Waals surface area contributed by atoms with Crippen molar-refractivity contribution in [3.8, 4) is 17.2 Å². The highest BCUT2D eigenvalue weighted by atomic mass is 16.5. The van der Waals surface area contributed by atoms with Gasteiger partial charge in [-0.1, -0.05) is 32.9 Å². The minimum absolute atomic E-state index is 0.0833. The molecule has 146 valence electrons. The summed E-state index contributed by atoms with van der Waals surface area (Å²) >= 11 is 0. The smallest absolute Gasteiger partial charge is 0.345 e. The maximum absolute atomic E-state index is 12.7. The van der Waals surface area contributed by atoms with E-state index in [1.165, 1.54) is 12.3 Å². The first-order chi connectivity index (χ1) is 13.4. The van der Waals surface area contributed by atoms with Gasteiger partial charge in [-0.3, -0.25) is 4.79 Å². The topological polar surface area (TPSA) is 86.0 Å². The third-order valence-corrected chi connectivity index (χ3v) is 4.36. The molecule has 6 heteroatoms. The normalized spacial score (nSPS) is 12.1. The van der Waals surface area contributed by atoms with E-state index in [1.54, 1.807) is 32.0 Å². The van der Waals surface area contributed by atoms with Crippen molar-refractivity contribution >= 4 is 16.9 Å². The van der Waals surface area contributed by atoms with Crippen molar-refractivity contribution in [1.82, 2.24) is 0 Å². The summed E-state index contributed by atoms with van der Waals surface area (Å²) < 4.78 is 16.8. The molecule has 0 aliphatic rings. The van der Waals surface area contributed by atoms with E-state index in [0.29, 0.717) is 22.5 Å². The molecule has 1 aromatic heterocycles. The molecule has 1 atom stereocenters. The van der Waals surface area contributed by atoms with Crippen molar-refractivity contribution in [2.75, 3.05) is 0 Å². The fourth-order valence-corrected chi connectivity index (χ4v) is 2.81. The molecule has 0 saturated carbocycles. The Hall–Kier alpha value is -3.28. The van der Waals surface area contributed by atoms with Gasteiger partial charge < -0.3 is 19.0 Å². The van der Waals surface area contributed by atoms with E-state index in [0.717, 1.165) is 12.0 Å². The molecule has 1 unspecified atom stereocenters. The molecular formula is C22H22O6. The first-order valence-corrected chi connectivity index (χ1v) is 9.11. The van der Waals surface area contributed by atoms with Crippen LogP contribution in [0.2, 0.25) is 0 Å². The number of rotatable bonds is 7. The summed E-state index contributed by atoms with van der Waals surface area (Å²) in [7, 11) is 0. The summed E-state index contributed by atoms with van der Waals surface area (Å²) in [6.07, 6.45) is 1.13. The molecule has 0 aliphatic heterocycles. The van der Waals surface area contributed by atoms with Crippen LogP contribution in [-0.4, -0.2) is 17.2 Å². The molecule has 0 spiro atoms. The van der Waals surface area contributed by atoms with Gasteiger partial charge in [0.25, 0.3) is 0 Å². The van der Waals surface area contributed by atoms with E-state index in [4.69, 9.17) is 13.9 Å². The fourth-order valence-electron chi connectivity index (χ4n) is 2.81. The zero-order chi connectivity index (χ0) is 20.3. The van der Waals surface area contributed by atoms with Crippen LogP contribution in [0.1, 0.15) is 26.3 Å². The number of carboxylic acid groups (broad SMARTS) is 1. The molecule has 0 bridgehead atoms. The van der Waals surface area contributed by atoms with Gasteiger partial charge in [0.2, 0.25) is 11.2 Å². The molecule has 0 saturated heterocycles. The maximum atomic E-state index is 12.7. The summed E-state index contributed by atoms with van der Waals surface area (Å²) in [5.41, 5.74) is 1.08. The predicted octanol–water partition coefficient (Wildman–Crippen LogP) is 4.64. The highest BCUT2D eigenvalue weighted by molar-refractivity contribution is 5.79. The Morgan fingerprint density at radius 3 is 2.61 bits per heavy atom. The van der Waals surface area contributed by atoms with Gasteiger partial charge in [0.05, 0.1) is 5.39 Å². The van der Waals surface area contributed by atoms with E-state index >= 15 is 0 Å². The van der Waals surface area contributed by atoms with E-state index in [1.807, 2.05) is 25.1 Å². The lowest BCUT2D eigenvalue weighted by atomic mass is 10.1. The lowest BCUT2D eigenvalue weighted by molar-refractivity contribution is -0.147. The Balaban J connectivity index is 1.90. The van der Waals surface area contributed by atoms with Gasteiger partial charge in [-0.25, -0.2) is 4.79 Å². The third kappa shape index (κ3) is 4.17. The van der Waals surface area contributed by atoms with Crippen LogP contribution >= 0.6 is 0 Å². The van der Waals surface area contributed by atoms with Crippen molar-refractivity contribution in [2.24, 2.45) is 5.92 Å². The standard InChI is InChI=1S/C22H22O6/c1-4-14-6-5-7-15(10-14)27-19-12-26-18-11-16(8-9-17(18)20(19)23)28-21(13(2)3)22(24)25/h5-13,21H,4H2,1-3H3,(H,24,25). The largest absolute Gasteiger partial charge is 0.478 e. The molecule has 3 rings (SSSR count). The first-order valence-electron chi connectivity index (χ1n) is 9.11. The Morgan fingerprint density at radius 2 is 1.93 bits per heavy atom. The maximum Gasteiger partial charge on any atom is 0.345 e. The second kappa shape index (κ2) is 8.17. The van der Waals surface area contributed by atoms with Gasteiger partial charge in [0, 0.05) is 12.0 Å². The van der Waals surface area contributed by atoms with Crippen molar-refractivity contribution in [3.05, 3.63) is 64.5 Å². The molecule has 6 nitrogen and oxygen atoms in total. The van der Waals surface area contributed by atoms with Gasteiger partial charge in [-0.15, -0.1) is 0 Å². The average Bonchev–Trinajstić information content (AvgIpc) is 2.68. The van der Waals surface area contributed by atoms with Crippen molar-refractivity contribution in [3.63, 3.8) is 0 Å². The zero-order valence-electron chi connectivity index (χ0n) is 16.0. The Bertz CT molecular complexity index is 1050. The van der Waals surface area contributed by atoms with Crippen LogP contribution in [0.25, 0.3) is 11.0 Å². The van der Waals surface area contributed by atoms with Gasteiger partial charge in [0.15, 0.2) is 6.10 Å². The Labute approximate surface area is 162 Å². The molecule has 1 heterocycles. The first kappa shape index (κ1) is 19.5. The minimum Gasteiger partial charge on any atom is -0.478 e. The second-order valence-electron chi connectivity index (χ2n) is 6.81. The molecule has 3 aromatic rings. The number of carbonyl (C=O) groups is 1. The Morgan fingerprint density at radius 1 is 1.14 bits per heavy atom. The van der Waals surface area contributed by atoms with E-state index in [2.05, 4.69) is 0 Å². The number of ether oxygens (including phenoxy) is 2. The highest BCUT2D eigenvalue weighted by Crippen LogP contribution is 2.25. The summed E-state index contributed by atoms with van der Waals surface area (Å²) in [5, 5.41) is 9.59. The molecular weight excluding hydrogens is 360 g/mol. The van der Waals surface area contributed by atoms with Crippen LogP contribution in [0.4, 0.5) is 0 Å². The zero-order valence-corrected chi connectivity index (χ0v) is 16.0. The molecule has 0 fully saturated rings. The number of aliphatic carboxylic acids is 1. The minimum atomic E-state index is -1.05. The van der Waals surface area contributed by atoms with E-state index < -0.39 is 12.1 Å². The fraction of sp³-hybridized carbons (Fsp3) is 0.273. The van der Waals surface area contributed by atoms with Crippen LogP contribution in [0.15, 0.2) is 57.9 Å². The van der Waals surface area contributed by atoms with Crippen LogP contribution < -0.4 is 14.9 Å². The molecule has 0 amide bonds. The summed E-state index contributed by atoms with van der Waals surface area (Å²) in [6.45, 7) is 5.56. The van der Waals surface area contributed by atoms with E-state index in [-0.39, 0.29) is 17.1 Å². The molecule has 0 aliphatic carbocycles. The van der Waals surface area contributed by atoms with Crippen LogP contribution in [0, 0.1) is 5.92 Å². The number of hydrogen-bond donors (Lipinski definition) is 1. The quantitative estimate of drug-likeness (QED) is 0.641. The van der Waals surface area contributed by atoms with Crippen LogP contribution in [0.5, 0.6) is 17.2 Å². The predicted molar refractivity (Wildman–Crippen MR) is 105 cm³/mol. The number of benzene rings is 2. The molecule has 2 aromatic carbocycles.